The Morgan fingerprint density at radius 3 is 1.68 bits per heavy atom. The van der Waals surface area contributed by atoms with Gasteiger partial charge in [-0.3, -0.25) is 4.79 Å². The van der Waals surface area contributed by atoms with Crippen LogP contribution in [0.2, 0.25) is 0 Å². The Morgan fingerprint density at radius 2 is 1.19 bits per heavy atom. The molecule has 0 aliphatic heterocycles. The SMILES string of the molecule is C[n+]1cccc2cc(/C=C3\CCC/C(=C\c4ccc5c(ccc[n+]5C)c4)C3=O)ccc21. The smallest absolute Gasteiger partial charge is 0.212 e. The molecule has 0 amide bonds. The highest BCUT2D eigenvalue weighted by Gasteiger charge is 2.21. The van der Waals surface area contributed by atoms with E-state index in [0.717, 1.165) is 41.5 Å². The van der Waals surface area contributed by atoms with Crippen molar-refractivity contribution >= 4 is 39.7 Å². The van der Waals surface area contributed by atoms with Crippen molar-refractivity contribution in [3.05, 3.63) is 95.3 Å². The number of rotatable bonds is 2. The highest BCUT2D eigenvalue weighted by molar-refractivity contribution is 6.14. The fourth-order valence-electron chi connectivity index (χ4n) is 4.53. The summed E-state index contributed by atoms with van der Waals surface area (Å²) in [5.74, 6) is 0.184. The minimum Gasteiger partial charge on any atom is -0.289 e. The normalized spacial score (nSPS) is 17.2. The van der Waals surface area contributed by atoms with Gasteiger partial charge >= 0.3 is 0 Å². The molecule has 3 heteroatoms. The molecule has 0 N–H and O–H groups in total. The summed E-state index contributed by atoms with van der Waals surface area (Å²) in [6.07, 6.45) is 10.9. The summed E-state index contributed by atoms with van der Waals surface area (Å²) in [7, 11) is 4.10. The number of hydrogen-bond acceptors (Lipinski definition) is 1. The van der Waals surface area contributed by atoms with Gasteiger partial charge in [0.15, 0.2) is 18.2 Å². The van der Waals surface area contributed by atoms with Crippen LogP contribution in [0.3, 0.4) is 0 Å². The molecular weight excluding hydrogens is 380 g/mol. The maximum absolute atomic E-state index is 13.2. The van der Waals surface area contributed by atoms with Crippen molar-refractivity contribution in [2.24, 2.45) is 14.1 Å². The minimum atomic E-state index is 0.184. The van der Waals surface area contributed by atoms with Gasteiger partial charge in [-0.2, -0.15) is 0 Å². The Kier molecular flexibility index (Phi) is 4.95. The fraction of sp³-hybridized carbons (Fsp3) is 0.179. The Hall–Kier alpha value is -3.59. The average molecular weight is 407 g/mol. The Bertz CT molecular complexity index is 1290. The van der Waals surface area contributed by atoms with E-state index in [1.54, 1.807) is 0 Å². The molecular formula is C28H26N2O+2. The van der Waals surface area contributed by atoms with Crippen molar-refractivity contribution in [2.75, 3.05) is 0 Å². The van der Waals surface area contributed by atoms with Crippen molar-refractivity contribution in [2.45, 2.75) is 19.3 Å². The van der Waals surface area contributed by atoms with E-state index < -0.39 is 0 Å². The third-order valence-electron chi connectivity index (χ3n) is 6.19. The van der Waals surface area contributed by atoms with Crippen molar-refractivity contribution < 1.29 is 13.9 Å². The molecule has 5 rings (SSSR count). The quantitative estimate of drug-likeness (QED) is 0.345. The van der Waals surface area contributed by atoms with Crippen molar-refractivity contribution in [1.82, 2.24) is 0 Å². The molecule has 0 atom stereocenters. The number of allylic oxidation sites excluding steroid dienone is 2. The van der Waals surface area contributed by atoms with Crippen LogP contribution in [0.15, 0.2) is 84.2 Å². The number of hydrogen-bond donors (Lipinski definition) is 0. The van der Waals surface area contributed by atoms with E-state index in [1.807, 2.05) is 0 Å². The molecule has 1 fully saturated rings. The zero-order valence-corrected chi connectivity index (χ0v) is 18.0. The van der Waals surface area contributed by atoms with Gasteiger partial charge < -0.3 is 0 Å². The Morgan fingerprint density at radius 1 is 0.710 bits per heavy atom. The van der Waals surface area contributed by atoms with Crippen LogP contribution in [0.4, 0.5) is 0 Å². The van der Waals surface area contributed by atoms with Crippen LogP contribution in [-0.4, -0.2) is 5.78 Å². The highest BCUT2D eigenvalue weighted by Crippen LogP contribution is 2.29. The molecule has 31 heavy (non-hydrogen) atoms. The molecule has 0 unspecified atom stereocenters. The van der Waals surface area contributed by atoms with Crippen LogP contribution in [0.5, 0.6) is 0 Å². The molecule has 0 bridgehead atoms. The molecule has 2 aromatic heterocycles. The van der Waals surface area contributed by atoms with Gasteiger partial charge in [0.1, 0.15) is 14.1 Å². The summed E-state index contributed by atoms with van der Waals surface area (Å²) in [5, 5.41) is 2.37. The molecule has 0 radical (unpaired) electrons. The van der Waals surface area contributed by atoms with Gasteiger partial charge in [0, 0.05) is 46.2 Å². The van der Waals surface area contributed by atoms with Gasteiger partial charge in [-0.05, 0) is 78.9 Å². The highest BCUT2D eigenvalue weighted by atomic mass is 16.1. The standard InChI is InChI=1S/C28H26N2O/c1-29-14-4-8-22-16-20(10-12-26(22)29)18-24-6-3-7-25(28(24)31)19-21-11-13-27-23(17-21)9-5-15-30(27)2/h4-5,8-19H,3,6-7H2,1-2H3/q+2/b24-18+,25-19+. The monoisotopic (exact) mass is 406 g/mol. The predicted octanol–water partition coefficient (Wildman–Crippen LogP) is 4.86. The predicted molar refractivity (Wildman–Crippen MR) is 125 cm³/mol. The first-order chi connectivity index (χ1) is 15.1. The lowest BCUT2D eigenvalue weighted by Crippen LogP contribution is -2.27. The number of Topliss-reactive ketones (excluding diaryl/α,β-unsaturated/α-hetero) is 1. The van der Waals surface area contributed by atoms with Crippen LogP contribution in [0.1, 0.15) is 30.4 Å². The zero-order valence-electron chi connectivity index (χ0n) is 18.0. The van der Waals surface area contributed by atoms with E-state index in [4.69, 9.17) is 0 Å². The second kappa shape index (κ2) is 7.92. The van der Waals surface area contributed by atoms with Gasteiger partial charge in [-0.1, -0.05) is 0 Å². The first-order valence-corrected chi connectivity index (χ1v) is 10.8. The molecule has 2 aromatic carbocycles. The maximum Gasteiger partial charge on any atom is 0.212 e. The molecule has 1 saturated carbocycles. The molecule has 0 saturated heterocycles. The summed E-state index contributed by atoms with van der Waals surface area (Å²) in [6.45, 7) is 0. The molecule has 1 aliphatic carbocycles. The number of pyridine rings is 2. The molecule has 1 aliphatic rings. The lowest BCUT2D eigenvalue weighted by molar-refractivity contribution is -0.645. The zero-order chi connectivity index (χ0) is 21.4. The van der Waals surface area contributed by atoms with E-state index in [2.05, 4.69) is 108 Å². The number of aromatic nitrogens is 2. The Labute approximate surface area is 182 Å². The lowest BCUT2D eigenvalue weighted by atomic mass is 9.86. The van der Waals surface area contributed by atoms with Crippen LogP contribution >= 0.6 is 0 Å². The van der Waals surface area contributed by atoms with Crippen molar-refractivity contribution in [3.63, 3.8) is 0 Å². The average Bonchev–Trinajstić information content (AvgIpc) is 2.77. The second-order valence-electron chi connectivity index (χ2n) is 8.40. The lowest BCUT2D eigenvalue weighted by Gasteiger charge is -2.16. The van der Waals surface area contributed by atoms with Gasteiger partial charge in [-0.25, -0.2) is 9.13 Å². The molecule has 4 aromatic rings. The van der Waals surface area contributed by atoms with Crippen molar-refractivity contribution in [1.29, 1.82) is 0 Å². The third-order valence-corrected chi connectivity index (χ3v) is 6.19. The van der Waals surface area contributed by atoms with E-state index in [0.29, 0.717) is 0 Å². The van der Waals surface area contributed by atoms with Gasteiger partial charge in [0.05, 0.1) is 0 Å². The number of benzene rings is 2. The first kappa shape index (κ1) is 19.4. The fourth-order valence-corrected chi connectivity index (χ4v) is 4.53. The summed E-state index contributed by atoms with van der Waals surface area (Å²) < 4.78 is 4.23. The van der Waals surface area contributed by atoms with Crippen LogP contribution in [-0.2, 0) is 18.9 Å². The molecule has 0 spiro atoms. The van der Waals surface area contributed by atoms with Gasteiger partial charge in [0.2, 0.25) is 11.0 Å². The third kappa shape index (κ3) is 3.79. The van der Waals surface area contributed by atoms with E-state index in [-0.39, 0.29) is 5.78 Å². The van der Waals surface area contributed by atoms with E-state index >= 15 is 0 Å². The van der Waals surface area contributed by atoms with E-state index in [1.165, 1.54) is 21.8 Å². The summed E-state index contributed by atoms with van der Waals surface area (Å²) >= 11 is 0. The first-order valence-electron chi connectivity index (χ1n) is 10.8. The minimum absolute atomic E-state index is 0.184. The van der Waals surface area contributed by atoms with E-state index in [9.17, 15) is 4.79 Å². The number of ketones is 1. The number of carbonyl (C=O) groups is 1. The Balaban J connectivity index is 1.47. The number of fused-ring (bicyclic) bond motifs is 2. The summed E-state index contributed by atoms with van der Waals surface area (Å²) in [6, 6.07) is 21.1. The van der Waals surface area contributed by atoms with Crippen LogP contribution in [0, 0.1) is 0 Å². The summed E-state index contributed by atoms with van der Waals surface area (Å²) in [5.41, 5.74) is 6.35. The van der Waals surface area contributed by atoms with Crippen LogP contribution < -0.4 is 9.13 Å². The largest absolute Gasteiger partial charge is 0.289 e. The number of aryl methyl sites for hydroxylation is 2. The number of carbonyl (C=O) groups excluding carboxylic acids is 1. The van der Waals surface area contributed by atoms with Crippen molar-refractivity contribution in [3.8, 4) is 0 Å². The second-order valence-corrected chi connectivity index (χ2v) is 8.40. The maximum atomic E-state index is 13.2. The molecule has 2 heterocycles. The topological polar surface area (TPSA) is 24.8 Å². The molecule has 152 valence electrons. The molecule has 3 nitrogen and oxygen atoms in total. The van der Waals surface area contributed by atoms with Crippen LogP contribution in [0.25, 0.3) is 34.0 Å². The number of nitrogens with zero attached hydrogens (tertiary/aromatic N) is 2. The van der Waals surface area contributed by atoms with Gasteiger partial charge in [-0.15, -0.1) is 0 Å². The summed E-state index contributed by atoms with van der Waals surface area (Å²) in [4.78, 5) is 13.2. The van der Waals surface area contributed by atoms with Gasteiger partial charge in [0.25, 0.3) is 0 Å².